The second-order valence-corrected chi connectivity index (χ2v) is 9.36. The number of hydrogen-bond donors (Lipinski definition) is 0. The quantitative estimate of drug-likeness (QED) is 0.236. The van der Waals surface area contributed by atoms with Crippen molar-refractivity contribution in [3.63, 3.8) is 0 Å². The van der Waals surface area contributed by atoms with Crippen LogP contribution < -0.4 is 19.1 Å². The van der Waals surface area contributed by atoms with Crippen molar-refractivity contribution >= 4 is 28.5 Å². The molecular formula is C33H33NO5. The van der Waals surface area contributed by atoms with E-state index in [1.54, 1.807) is 14.2 Å². The van der Waals surface area contributed by atoms with Crippen LogP contribution in [0.2, 0.25) is 0 Å². The van der Waals surface area contributed by atoms with Crippen LogP contribution in [0.25, 0.3) is 16.8 Å². The molecule has 0 saturated heterocycles. The van der Waals surface area contributed by atoms with E-state index in [2.05, 4.69) is 30.9 Å². The van der Waals surface area contributed by atoms with Crippen molar-refractivity contribution in [2.75, 3.05) is 39.3 Å². The molecular weight excluding hydrogens is 490 g/mol. The molecule has 0 aromatic heterocycles. The molecule has 0 amide bonds. The van der Waals surface area contributed by atoms with Gasteiger partial charge in [0.1, 0.15) is 17.2 Å². The fourth-order valence-corrected chi connectivity index (χ4v) is 5.26. The van der Waals surface area contributed by atoms with Gasteiger partial charge in [0.25, 0.3) is 0 Å². The van der Waals surface area contributed by atoms with E-state index < -0.39 is 11.6 Å². The van der Waals surface area contributed by atoms with Crippen LogP contribution in [0.1, 0.15) is 40.9 Å². The van der Waals surface area contributed by atoms with E-state index in [4.69, 9.17) is 18.9 Å². The summed E-state index contributed by atoms with van der Waals surface area (Å²) in [6.45, 7) is 6.04. The molecule has 0 unspecified atom stereocenters. The smallest absolute Gasteiger partial charge is 0.338 e. The summed E-state index contributed by atoms with van der Waals surface area (Å²) in [7, 11) is 4.69. The Bertz CT molecular complexity index is 1470. The lowest BCUT2D eigenvalue weighted by atomic mass is 9.82. The number of carbonyl (C=O) groups excluding carboxylic acids is 1. The summed E-state index contributed by atoms with van der Waals surface area (Å²) < 4.78 is 23.1. The van der Waals surface area contributed by atoms with E-state index in [1.807, 2.05) is 72.8 Å². The minimum Gasteiger partial charge on any atom is -0.497 e. The zero-order valence-electron chi connectivity index (χ0n) is 23.0. The third-order valence-electron chi connectivity index (χ3n) is 7.44. The van der Waals surface area contributed by atoms with E-state index in [9.17, 15) is 4.79 Å². The van der Waals surface area contributed by atoms with Crippen LogP contribution in [0.3, 0.4) is 0 Å². The Morgan fingerprint density at radius 2 is 1.41 bits per heavy atom. The molecule has 4 aromatic carbocycles. The summed E-state index contributed by atoms with van der Waals surface area (Å²) in [4.78, 5) is 15.2. The van der Waals surface area contributed by atoms with Crippen molar-refractivity contribution in [2.45, 2.75) is 19.4 Å². The van der Waals surface area contributed by atoms with E-state index in [1.165, 1.54) is 7.11 Å². The predicted molar refractivity (Wildman–Crippen MR) is 155 cm³/mol. The number of rotatable bonds is 8. The molecule has 0 spiro atoms. The molecule has 1 aliphatic heterocycles. The molecule has 0 fully saturated rings. The summed E-state index contributed by atoms with van der Waals surface area (Å²) in [5.74, 6) is 1.74. The van der Waals surface area contributed by atoms with Crippen LogP contribution in [0.4, 0.5) is 5.69 Å². The first-order valence-corrected chi connectivity index (χ1v) is 13.1. The van der Waals surface area contributed by atoms with Crippen molar-refractivity contribution in [1.29, 1.82) is 0 Å². The highest BCUT2D eigenvalue weighted by molar-refractivity contribution is 6.04. The van der Waals surface area contributed by atoms with Gasteiger partial charge in [-0.15, -0.1) is 0 Å². The Hall–Kier alpha value is -4.45. The van der Waals surface area contributed by atoms with Gasteiger partial charge in [-0.25, -0.2) is 4.79 Å². The maximum atomic E-state index is 12.9. The third-order valence-corrected chi connectivity index (χ3v) is 7.44. The lowest BCUT2D eigenvalue weighted by Gasteiger charge is -2.37. The number of anilines is 1. The van der Waals surface area contributed by atoms with Gasteiger partial charge in [-0.1, -0.05) is 30.3 Å². The monoisotopic (exact) mass is 523 g/mol. The fourth-order valence-electron chi connectivity index (χ4n) is 5.26. The summed E-state index contributed by atoms with van der Waals surface area (Å²) >= 11 is 0. The Balaban J connectivity index is 1.78. The normalized spacial score (nSPS) is 13.4. The van der Waals surface area contributed by atoms with Crippen molar-refractivity contribution < 1.29 is 23.7 Å². The second kappa shape index (κ2) is 10.7. The minimum atomic E-state index is -0.960. The molecule has 1 aliphatic rings. The van der Waals surface area contributed by atoms with Crippen LogP contribution >= 0.6 is 0 Å². The van der Waals surface area contributed by atoms with Gasteiger partial charge in [0.2, 0.25) is 0 Å². The Morgan fingerprint density at radius 1 is 0.821 bits per heavy atom. The average Bonchev–Trinajstić information content (AvgIpc) is 3.00. The first-order chi connectivity index (χ1) is 19.0. The molecule has 0 bridgehead atoms. The van der Waals surface area contributed by atoms with Crippen molar-refractivity contribution in [3.8, 4) is 17.2 Å². The topological polar surface area (TPSA) is 57.2 Å². The zero-order valence-corrected chi connectivity index (χ0v) is 23.0. The summed E-state index contributed by atoms with van der Waals surface area (Å²) in [5.41, 5.74) is 3.14. The molecule has 0 atom stereocenters. The highest BCUT2D eigenvalue weighted by Gasteiger charge is 2.39. The number of methoxy groups -OCH3 is 3. The Morgan fingerprint density at radius 3 is 1.92 bits per heavy atom. The second-order valence-electron chi connectivity index (χ2n) is 9.36. The van der Waals surface area contributed by atoms with Gasteiger partial charge < -0.3 is 23.8 Å². The minimum absolute atomic E-state index is 0.407. The number of nitrogens with zero attached hydrogens (tertiary/aromatic N) is 1. The molecule has 39 heavy (non-hydrogen) atoms. The lowest BCUT2D eigenvalue weighted by Crippen LogP contribution is -2.34. The molecule has 0 N–H and O–H groups in total. The van der Waals surface area contributed by atoms with Gasteiger partial charge in [0, 0.05) is 40.9 Å². The largest absolute Gasteiger partial charge is 0.497 e. The molecule has 0 saturated carbocycles. The average molecular weight is 524 g/mol. The van der Waals surface area contributed by atoms with Crippen molar-refractivity contribution in [1.82, 2.24) is 0 Å². The van der Waals surface area contributed by atoms with Crippen LogP contribution in [0, 0.1) is 0 Å². The van der Waals surface area contributed by atoms with Crippen LogP contribution in [0.5, 0.6) is 17.2 Å². The van der Waals surface area contributed by atoms with E-state index in [0.717, 1.165) is 52.2 Å². The van der Waals surface area contributed by atoms with Gasteiger partial charge in [-0.05, 0) is 73.9 Å². The molecule has 4 aromatic rings. The first kappa shape index (κ1) is 26.2. The first-order valence-electron chi connectivity index (χ1n) is 13.1. The van der Waals surface area contributed by atoms with Crippen molar-refractivity contribution in [3.05, 3.63) is 101 Å². The maximum absolute atomic E-state index is 12.9. The number of carbonyl (C=O) groups is 1. The molecule has 5 rings (SSSR count). The molecule has 6 heteroatoms. The van der Waals surface area contributed by atoms with Crippen LogP contribution in [-0.2, 0) is 10.3 Å². The van der Waals surface area contributed by atoms with E-state index in [-0.39, 0.29) is 0 Å². The standard InChI is InChI=1S/C33H33NO5/c1-6-34(7-2)25-13-8-22-20-30(32(35)38-5)28-18-19-33(39-31(28)29(22)21-25,23-9-14-26(36-3)15-10-23)24-11-16-27(37-4)17-12-24/h8-21H,6-7H2,1-5H3. The van der Waals surface area contributed by atoms with Gasteiger partial charge in [0.05, 0.1) is 26.9 Å². The summed E-state index contributed by atoms with van der Waals surface area (Å²) in [6.07, 6.45) is 3.98. The highest BCUT2D eigenvalue weighted by Crippen LogP contribution is 2.47. The Kier molecular flexibility index (Phi) is 7.20. The lowest BCUT2D eigenvalue weighted by molar-refractivity contribution is 0.0599. The van der Waals surface area contributed by atoms with Gasteiger partial charge in [-0.3, -0.25) is 0 Å². The zero-order chi connectivity index (χ0) is 27.6. The highest BCUT2D eigenvalue weighted by atomic mass is 16.5. The van der Waals surface area contributed by atoms with Gasteiger partial charge in [-0.2, -0.15) is 0 Å². The number of esters is 1. The summed E-state index contributed by atoms with van der Waals surface area (Å²) in [6, 6.07) is 23.9. The van der Waals surface area contributed by atoms with Crippen LogP contribution in [-0.4, -0.2) is 40.4 Å². The predicted octanol–water partition coefficient (Wildman–Crippen LogP) is 6.84. The number of hydrogen-bond acceptors (Lipinski definition) is 6. The fraction of sp³-hybridized carbons (Fsp3) is 0.242. The molecule has 1 heterocycles. The van der Waals surface area contributed by atoms with Gasteiger partial charge >= 0.3 is 5.97 Å². The van der Waals surface area contributed by atoms with Crippen molar-refractivity contribution in [2.24, 2.45) is 0 Å². The SMILES string of the molecule is CCN(CC)c1ccc2cc(C(=O)OC)c3c(c2c1)OC(c1ccc(OC)cc1)(c1ccc(OC)cc1)C=C3. The van der Waals surface area contributed by atoms with E-state index >= 15 is 0 Å². The molecule has 0 radical (unpaired) electrons. The third kappa shape index (κ3) is 4.56. The number of benzene rings is 4. The number of fused-ring (bicyclic) bond motifs is 3. The van der Waals surface area contributed by atoms with Gasteiger partial charge in [0.15, 0.2) is 5.60 Å². The molecule has 0 aliphatic carbocycles. The number of ether oxygens (including phenoxy) is 4. The van der Waals surface area contributed by atoms with E-state index in [0.29, 0.717) is 16.9 Å². The maximum Gasteiger partial charge on any atom is 0.338 e. The molecule has 200 valence electrons. The van der Waals surface area contributed by atoms with Crippen LogP contribution in [0.15, 0.2) is 78.9 Å². The Labute approximate surface area is 229 Å². The summed E-state index contributed by atoms with van der Waals surface area (Å²) in [5, 5.41) is 1.83. The molecule has 6 nitrogen and oxygen atoms in total.